The van der Waals surface area contributed by atoms with E-state index in [1.807, 2.05) is 24.3 Å². The largest absolute Gasteiger partial charge is 0.493 e. The lowest BCUT2D eigenvalue weighted by atomic mass is 10.2. The summed E-state index contributed by atoms with van der Waals surface area (Å²) < 4.78 is 30.7. The van der Waals surface area contributed by atoms with Crippen molar-refractivity contribution < 1.29 is 17.9 Å². The number of amides is 1. The molecule has 2 aromatic carbocycles. The van der Waals surface area contributed by atoms with Crippen molar-refractivity contribution in [3.63, 3.8) is 0 Å². The van der Waals surface area contributed by atoms with E-state index in [0.29, 0.717) is 23.2 Å². The van der Waals surface area contributed by atoms with E-state index in [-0.39, 0.29) is 0 Å². The molecule has 0 aromatic heterocycles. The molecule has 0 spiro atoms. The molecule has 0 saturated heterocycles. The first-order valence-corrected chi connectivity index (χ1v) is 11.2. The maximum Gasteiger partial charge on any atom is 0.260 e. The molecule has 1 N–H and O–H groups in total. The molecule has 0 saturated carbocycles. The number of hydrogen-bond acceptors (Lipinski definition) is 5. The Morgan fingerprint density at radius 3 is 2.34 bits per heavy atom. The lowest BCUT2D eigenvalue weighted by Gasteiger charge is -2.21. The van der Waals surface area contributed by atoms with Gasteiger partial charge < -0.3 is 4.74 Å². The van der Waals surface area contributed by atoms with Crippen molar-refractivity contribution in [2.45, 2.75) is 13.8 Å². The van der Waals surface area contributed by atoms with Crippen LogP contribution < -0.4 is 14.5 Å². The summed E-state index contributed by atoms with van der Waals surface area (Å²) in [6.45, 7) is 4.37. The molecular formula is C20H24ClN3O4S. The van der Waals surface area contributed by atoms with Crippen LogP contribution in [0.1, 0.15) is 19.4 Å². The first kappa shape index (κ1) is 22.7. The van der Waals surface area contributed by atoms with Gasteiger partial charge in [0.05, 0.1) is 24.8 Å². The van der Waals surface area contributed by atoms with Gasteiger partial charge in [-0.05, 0) is 60.0 Å². The second-order valence-electron chi connectivity index (χ2n) is 6.81. The Balaban J connectivity index is 1.95. The molecule has 0 radical (unpaired) electrons. The van der Waals surface area contributed by atoms with Crippen molar-refractivity contribution in [3.05, 3.63) is 59.1 Å². The minimum atomic E-state index is -3.66. The summed E-state index contributed by atoms with van der Waals surface area (Å²) in [7, 11) is -3.66. The molecule has 156 valence electrons. The highest BCUT2D eigenvalue weighted by Crippen LogP contribution is 2.20. The summed E-state index contributed by atoms with van der Waals surface area (Å²) in [5, 5.41) is 4.35. The van der Waals surface area contributed by atoms with Gasteiger partial charge in [-0.1, -0.05) is 25.4 Å². The standard InChI is InChI=1S/C20H24ClN3O4S/c1-15(2)14-28-19-10-4-16(5-11-19)12-22-23-20(25)13-24(29(3,26)27)18-8-6-17(21)7-9-18/h4-12,15H,13-14H2,1-3H3,(H,23,25)/b22-12-. The highest BCUT2D eigenvalue weighted by molar-refractivity contribution is 7.92. The molecule has 0 bridgehead atoms. The van der Waals surface area contributed by atoms with Crippen LogP contribution in [0, 0.1) is 5.92 Å². The SMILES string of the molecule is CC(C)COc1ccc(/C=N\NC(=O)CN(c2ccc(Cl)cc2)S(C)(=O)=O)cc1. The van der Waals surface area contributed by atoms with Crippen LogP contribution in [0.3, 0.4) is 0 Å². The number of ether oxygens (including phenoxy) is 1. The van der Waals surface area contributed by atoms with Crippen molar-refractivity contribution in [3.8, 4) is 5.75 Å². The molecule has 7 nitrogen and oxygen atoms in total. The minimum absolute atomic E-state index is 0.341. The van der Waals surface area contributed by atoms with Crippen molar-refractivity contribution >= 4 is 39.4 Å². The van der Waals surface area contributed by atoms with Crippen LogP contribution in [0.25, 0.3) is 0 Å². The number of hydrogen-bond donors (Lipinski definition) is 1. The van der Waals surface area contributed by atoms with Gasteiger partial charge in [0, 0.05) is 5.02 Å². The monoisotopic (exact) mass is 437 g/mol. The average molecular weight is 438 g/mol. The summed E-state index contributed by atoms with van der Waals surface area (Å²) in [5.74, 6) is 0.621. The number of rotatable bonds is 9. The number of benzene rings is 2. The molecule has 29 heavy (non-hydrogen) atoms. The van der Waals surface area contributed by atoms with E-state index in [9.17, 15) is 13.2 Å². The van der Waals surface area contributed by atoms with Gasteiger partial charge in [0.1, 0.15) is 12.3 Å². The quantitative estimate of drug-likeness (QED) is 0.481. The van der Waals surface area contributed by atoms with Crippen molar-refractivity contribution in [1.82, 2.24) is 5.43 Å². The molecule has 0 aliphatic rings. The topological polar surface area (TPSA) is 88.1 Å². The maximum absolute atomic E-state index is 12.2. The third-order valence-electron chi connectivity index (χ3n) is 3.67. The molecule has 0 fully saturated rings. The fourth-order valence-corrected chi connectivity index (χ4v) is 3.25. The summed E-state index contributed by atoms with van der Waals surface area (Å²) in [4.78, 5) is 12.2. The van der Waals surface area contributed by atoms with Crippen molar-refractivity contribution in [2.24, 2.45) is 11.0 Å². The predicted molar refractivity (Wildman–Crippen MR) is 116 cm³/mol. The average Bonchev–Trinajstić information content (AvgIpc) is 2.65. The van der Waals surface area contributed by atoms with Gasteiger partial charge in [-0.25, -0.2) is 13.8 Å². The zero-order valence-corrected chi connectivity index (χ0v) is 18.1. The molecule has 0 heterocycles. The molecule has 1 amide bonds. The summed E-state index contributed by atoms with van der Waals surface area (Å²) >= 11 is 5.83. The Kier molecular flexibility index (Phi) is 8.04. The van der Waals surface area contributed by atoms with E-state index in [2.05, 4.69) is 24.4 Å². The molecule has 9 heteroatoms. The Hall–Kier alpha value is -2.58. The van der Waals surface area contributed by atoms with E-state index in [1.54, 1.807) is 12.1 Å². The van der Waals surface area contributed by atoms with Crippen LogP contribution in [-0.4, -0.2) is 39.9 Å². The number of hydrazone groups is 1. The molecule has 0 aliphatic carbocycles. The number of nitrogens with one attached hydrogen (secondary N) is 1. The number of carbonyl (C=O) groups is 1. The van der Waals surface area contributed by atoms with E-state index < -0.39 is 22.5 Å². The fraction of sp³-hybridized carbons (Fsp3) is 0.300. The van der Waals surface area contributed by atoms with Gasteiger partial charge in [0.2, 0.25) is 10.0 Å². The molecule has 0 atom stereocenters. The first-order valence-electron chi connectivity index (χ1n) is 8.93. The fourth-order valence-electron chi connectivity index (χ4n) is 2.26. The Labute approximate surface area is 176 Å². The zero-order valence-electron chi connectivity index (χ0n) is 16.5. The molecular weight excluding hydrogens is 414 g/mol. The number of anilines is 1. The Morgan fingerprint density at radius 2 is 1.79 bits per heavy atom. The van der Waals surface area contributed by atoms with Crippen molar-refractivity contribution in [2.75, 3.05) is 23.7 Å². The Morgan fingerprint density at radius 1 is 1.17 bits per heavy atom. The predicted octanol–water partition coefficient (Wildman–Crippen LogP) is 3.29. The minimum Gasteiger partial charge on any atom is -0.493 e. The number of halogens is 1. The molecule has 0 unspecified atom stereocenters. The van der Waals surface area contributed by atoms with E-state index in [4.69, 9.17) is 16.3 Å². The van der Waals surface area contributed by atoms with Gasteiger partial charge in [-0.2, -0.15) is 5.10 Å². The number of nitrogens with zero attached hydrogens (tertiary/aromatic N) is 2. The summed E-state index contributed by atoms with van der Waals surface area (Å²) in [5.41, 5.74) is 3.44. The van der Waals surface area contributed by atoms with E-state index >= 15 is 0 Å². The molecule has 0 aliphatic heterocycles. The highest BCUT2D eigenvalue weighted by atomic mass is 35.5. The smallest absolute Gasteiger partial charge is 0.260 e. The van der Waals surface area contributed by atoms with Crippen LogP contribution in [0.2, 0.25) is 5.02 Å². The third kappa shape index (κ3) is 7.75. The molecule has 2 rings (SSSR count). The van der Waals surface area contributed by atoms with Crippen molar-refractivity contribution in [1.29, 1.82) is 0 Å². The van der Waals surface area contributed by atoms with Crippen LogP contribution in [0.15, 0.2) is 53.6 Å². The van der Waals surface area contributed by atoms with Gasteiger partial charge >= 0.3 is 0 Å². The van der Waals surface area contributed by atoms with Gasteiger partial charge in [-0.3, -0.25) is 9.10 Å². The molecule has 2 aromatic rings. The van der Waals surface area contributed by atoms with Gasteiger partial charge in [0.15, 0.2) is 0 Å². The highest BCUT2D eigenvalue weighted by Gasteiger charge is 2.20. The van der Waals surface area contributed by atoms with Gasteiger partial charge in [0.25, 0.3) is 5.91 Å². The number of carbonyl (C=O) groups excluding carboxylic acids is 1. The summed E-state index contributed by atoms with van der Waals surface area (Å²) in [6.07, 6.45) is 2.50. The lowest BCUT2D eigenvalue weighted by molar-refractivity contribution is -0.119. The van der Waals surface area contributed by atoms with Crippen LogP contribution in [0.5, 0.6) is 5.75 Å². The second kappa shape index (κ2) is 10.3. The maximum atomic E-state index is 12.2. The zero-order chi connectivity index (χ0) is 21.4. The third-order valence-corrected chi connectivity index (χ3v) is 5.06. The normalized spacial score (nSPS) is 11.6. The second-order valence-corrected chi connectivity index (χ2v) is 9.16. The van der Waals surface area contributed by atoms with Gasteiger partial charge in [-0.15, -0.1) is 0 Å². The first-order chi connectivity index (χ1) is 13.6. The van der Waals surface area contributed by atoms with E-state index in [1.165, 1.54) is 18.3 Å². The Bertz CT molecular complexity index is 943. The lowest BCUT2D eigenvalue weighted by Crippen LogP contribution is -2.38. The number of sulfonamides is 1. The van der Waals surface area contributed by atoms with Crippen LogP contribution >= 0.6 is 11.6 Å². The van der Waals surface area contributed by atoms with Crippen LogP contribution in [0.4, 0.5) is 5.69 Å². The summed E-state index contributed by atoms with van der Waals surface area (Å²) in [6, 6.07) is 13.4. The van der Waals surface area contributed by atoms with E-state index in [0.717, 1.165) is 21.9 Å². The van der Waals surface area contributed by atoms with Crippen LogP contribution in [-0.2, 0) is 14.8 Å².